The van der Waals surface area contributed by atoms with E-state index in [1.165, 1.54) is 0 Å². The van der Waals surface area contributed by atoms with Crippen LogP contribution in [0.15, 0.2) is 54.3 Å². The third kappa shape index (κ3) is 11.4. The van der Waals surface area contributed by atoms with Crippen molar-refractivity contribution in [3.8, 4) is 11.5 Å². The van der Waals surface area contributed by atoms with Crippen molar-refractivity contribution in [1.82, 2.24) is 21.7 Å². The molecule has 0 aliphatic carbocycles. The van der Waals surface area contributed by atoms with Crippen molar-refractivity contribution >= 4 is 87.3 Å². The van der Waals surface area contributed by atoms with E-state index in [-0.39, 0.29) is 32.5 Å². The molecule has 0 fully saturated rings. The van der Waals surface area contributed by atoms with Gasteiger partial charge in [-0.3, -0.25) is 40.9 Å². The molecule has 2 aromatic rings. The number of rotatable bonds is 10. The molecule has 0 saturated heterocycles. The molecule has 0 heterocycles. The highest BCUT2D eigenvalue weighted by Crippen LogP contribution is 2.28. The number of ether oxygens (including phenoxy) is 2. The molecule has 0 atom stereocenters. The number of hydrogen-bond acceptors (Lipinski definition) is 6. The summed E-state index contributed by atoms with van der Waals surface area (Å²) in [6.07, 6.45) is 0.178. The molecule has 2 aromatic carbocycles. The molecule has 35 heavy (non-hydrogen) atoms. The van der Waals surface area contributed by atoms with E-state index in [9.17, 15) is 19.2 Å². The second kappa shape index (κ2) is 15.1. The van der Waals surface area contributed by atoms with E-state index in [4.69, 9.17) is 9.47 Å². The number of hydrazine groups is 2. The average Bonchev–Trinajstić information content (AvgIpc) is 2.80. The van der Waals surface area contributed by atoms with Gasteiger partial charge < -0.3 is 9.47 Å². The Bertz CT molecular complexity index is 1000. The zero-order chi connectivity index (χ0) is 25.8. The number of hydrogen-bond donors (Lipinski definition) is 4. The molecule has 0 bridgehead atoms. The molecule has 0 aromatic heterocycles. The minimum atomic E-state index is -0.550. The van der Waals surface area contributed by atoms with Crippen LogP contribution in [0.5, 0.6) is 11.5 Å². The summed E-state index contributed by atoms with van der Waals surface area (Å²) >= 11 is 13.3. The molecule has 4 amide bonds. The molecule has 0 aliphatic rings. The van der Waals surface area contributed by atoms with Gasteiger partial charge in [0.15, 0.2) is 13.2 Å². The Kier molecular flexibility index (Phi) is 12.5. The van der Waals surface area contributed by atoms with Crippen LogP contribution < -0.4 is 31.2 Å². The molecule has 0 spiro atoms. The van der Waals surface area contributed by atoms with Crippen molar-refractivity contribution in [2.75, 3.05) is 13.2 Å². The maximum absolute atomic E-state index is 11.8. The summed E-state index contributed by atoms with van der Waals surface area (Å²) in [7, 11) is 0. The van der Waals surface area contributed by atoms with E-state index >= 15 is 0 Å². The smallest absolute Gasteiger partial charge is 0.276 e. The Balaban J connectivity index is 1.55. The molecule has 0 radical (unpaired) electrons. The van der Waals surface area contributed by atoms with Crippen molar-refractivity contribution in [3.05, 3.63) is 54.3 Å². The van der Waals surface area contributed by atoms with E-state index in [1.54, 1.807) is 36.4 Å². The van der Waals surface area contributed by atoms with Crippen molar-refractivity contribution in [3.63, 3.8) is 0 Å². The third-order valence-electron chi connectivity index (χ3n) is 4.00. The van der Waals surface area contributed by atoms with Crippen molar-refractivity contribution in [1.29, 1.82) is 0 Å². The highest BCUT2D eigenvalue weighted by Gasteiger charge is 2.10. The van der Waals surface area contributed by atoms with Gasteiger partial charge in [-0.25, -0.2) is 0 Å². The van der Waals surface area contributed by atoms with Gasteiger partial charge in [0, 0.05) is 21.8 Å². The fourth-order valence-electron chi connectivity index (χ4n) is 2.36. The largest absolute Gasteiger partial charge is 0.483 e. The minimum absolute atomic E-state index is 0.0124. The predicted molar refractivity (Wildman–Crippen MR) is 141 cm³/mol. The lowest BCUT2D eigenvalue weighted by atomic mass is 10.2. The summed E-state index contributed by atoms with van der Waals surface area (Å²) < 4.78 is 13.8. The predicted octanol–water partition coefficient (Wildman–Crippen LogP) is 3.66. The first-order valence-electron chi connectivity index (χ1n) is 9.95. The summed E-state index contributed by atoms with van der Waals surface area (Å²) in [4.78, 5) is 47.3. The summed E-state index contributed by atoms with van der Waals surface area (Å²) in [5.41, 5.74) is 8.95. The van der Waals surface area contributed by atoms with Crippen LogP contribution in [0.2, 0.25) is 0 Å². The zero-order valence-corrected chi connectivity index (χ0v) is 24.3. The van der Waals surface area contributed by atoms with E-state index in [0.29, 0.717) is 20.4 Å². The standard InChI is InChI=1S/C21H20Br4N4O6/c22-12-4-6-16(14(24)8-12)34-10-20(32)28-26-18(30)2-1-3-19(31)27-29-21(33)11-35-17-7-5-13(23)9-15(17)25/h4-9H,1-3,10-11H2,(H,26,30)(H,27,31)(H,28,32)(H,29,33). The van der Waals surface area contributed by atoms with Crippen LogP contribution in [0.4, 0.5) is 0 Å². The monoisotopic (exact) mass is 740 g/mol. The average molecular weight is 744 g/mol. The van der Waals surface area contributed by atoms with Crippen LogP contribution in [-0.2, 0) is 19.2 Å². The Morgan fingerprint density at radius 1 is 0.600 bits per heavy atom. The van der Waals surface area contributed by atoms with Crippen LogP contribution >= 0.6 is 63.7 Å². The molecule has 10 nitrogen and oxygen atoms in total. The Hall–Kier alpha value is -2.16. The van der Waals surface area contributed by atoms with E-state index in [2.05, 4.69) is 85.4 Å². The van der Waals surface area contributed by atoms with Gasteiger partial charge in [-0.1, -0.05) is 31.9 Å². The topological polar surface area (TPSA) is 135 Å². The minimum Gasteiger partial charge on any atom is -0.483 e. The van der Waals surface area contributed by atoms with Crippen LogP contribution in [0.25, 0.3) is 0 Å². The summed E-state index contributed by atoms with van der Waals surface area (Å²) in [5.74, 6) is -1.11. The van der Waals surface area contributed by atoms with Gasteiger partial charge in [0.2, 0.25) is 11.8 Å². The molecule has 188 valence electrons. The number of carbonyl (C=O) groups excluding carboxylic acids is 4. The maximum Gasteiger partial charge on any atom is 0.276 e. The van der Waals surface area contributed by atoms with E-state index in [1.807, 2.05) is 0 Å². The van der Waals surface area contributed by atoms with Crippen LogP contribution in [0, 0.1) is 0 Å². The lowest BCUT2D eigenvalue weighted by molar-refractivity contribution is -0.131. The van der Waals surface area contributed by atoms with Gasteiger partial charge >= 0.3 is 0 Å². The molecule has 2 rings (SSSR count). The van der Waals surface area contributed by atoms with Crippen LogP contribution in [0.1, 0.15) is 19.3 Å². The van der Waals surface area contributed by atoms with Gasteiger partial charge in [0.25, 0.3) is 11.8 Å². The van der Waals surface area contributed by atoms with E-state index in [0.717, 1.165) is 8.95 Å². The van der Waals surface area contributed by atoms with Gasteiger partial charge in [0.05, 0.1) is 8.95 Å². The molecule has 0 unspecified atom stereocenters. The highest BCUT2D eigenvalue weighted by atomic mass is 79.9. The molecule has 4 N–H and O–H groups in total. The second-order valence-corrected chi connectivity index (χ2v) is 10.3. The number of benzene rings is 2. The molecular formula is C21H20Br4N4O6. The Labute approximate surface area is 234 Å². The van der Waals surface area contributed by atoms with Gasteiger partial charge in [-0.05, 0) is 74.7 Å². The Morgan fingerprint density at radius 2 is 0.971 bits per heavy atom. The number of nitrogens with one attached hydrogen (secondary N) is 4. The van der Waals surface area contributed by atoms with E-state index < -0.39 is 23.6 Å². The molecule has 0 aliphatic heterocycles. The second-order valence-electron chi connectivity index (χ2n) is 6.77. The van der Waals surface area contributed by atoms with Crippen LogP contribution in [0.3, 0.4) is 0 Å². The summed E-state index contributed by atoms with van der Waals surface area (Å²) in [5, 5.41) is 0. The molecular weight excluding hydrogens is 724 g/mol. The SMILES string of the molecule is O=C(CCCC(=O)NNC(=O)COc1ccc(Br)cc1Br)NNC(=O)COc1ccc(Br)cc1Br. The molecule has 14 heteroatoms. The van der Waals surface area contributed by atoms with Crippen molar-refractivity contribution in [2.45, 2.75) is 19.3 Å². The fourth-order valence-corrected chi connectivity index (χ4v) is 4.68. The lowest BCUT2D eigenvalue weighted by Crippen LogP contribution is -2.44. The van der Waals surface area contributed by atoms with Crippen molar-refractivity contribution in [2.24, 2.45) is 0 Å². The molecule has 0 saturated carbocycles. The number of amides is 4. The summed E-state index contributed by atoms with van der Waals surface area (Å²) in [6.45, 7) is -0.601. The van der Waals surface area contributed by atoms with Gasteiger partial charge in [0.1, 0.15) is 11.5 Å². The lowest BCUT2D eigenvalue weighted by Gasteiger charge is -2.11. The van der Waals surface area contributed by atoms with Gasteiger partial charge in [-0.2, -0.15) is 0 Å². The normalized spacial score (nSPS) is 10.2. The highest BCUT2D eigenvalue weighted by molar-refractivity contribution is 9.11. The summed E-state index contributed by atoms with van der Waals surface area (Å²) in [6, 6.07) is 10.4. The first-order chi connectivity index (χ1) is 16.6. The third-order valence-corrected chi connectivity index (χ3v) is 6.22. The number of halogens is 4. The van der Waals surface area contributed by atoms with Gasteiger partial charge in [-0.15, -0.1) is 0 Å². The zero-order valence-electron chi connectivity index (χ0n) is 18.0. The fraction of sp³-hybridized carbons (Fsp3) is 0.238. The first kappa shape index (κ1) is 29.1. The first-order valence-corrected chi connectivity index (χ1v) is 13.1. The quantitative estimate of drug-likeness (QED) is 0.275. The maximum atomic E-state index is 11.8. The number of carbonyl (C=O) groups is 4. The Morgan fingerprint density at radius 3 is 1.34 bits per heavy atom. The van der Waals surface area contributed by atoms with Crippen molar-refractivity contribution < 1.29 is 28.7 Å². The van der Waals surface area contributed by atoms with Crippen LogP contribution in [-0.4, -0.2) is 36.8 Å².